The van der Waals surface area contributed by atoms with Gasteiger partial charge in [-0.3, -0.25) is 4.79 Å². The molecule has 1 aliphatic rings. The fourth-order valence-corrected chi connectivity index (χ4v) is 2.20. The first-order chi connectivity index (χ1) is 8.68. The normalized spacial score (nSPS) is 18.7. The predicted molar refractivity (Wildman–Crippen MR) is 70.4 cm³/mol. The van der Waals surface area contributed by atoms with Crippen molar-refractivity contribution in [1.82, 2.24) is 10.6 Å². The lowest BCUT2D eigenvalue weighted by Gasteiger charge is -2.28. The van der Waals surface area contributed by atoms with E-state index in [0.29, 0.717) is 19.6 Å². The third-order valence-electron chi connectivity index (χ3n) is 3.21. The second kappa shape index (κ2) is 5.98. The van der Waals surface area contributed by atoms with Gasteiger partial charge in [-0.15, -0.1) is 0 Å². The van der Waals surface area contributed by atoms with Crippen molar-refractivity contribution < 1.29 is 9.90 Å². The van der Waals surface area contributed by atoms with Crippen molar-refractivity contribution in [3.63, 3.8) is 0 Å². The van der Waals surface area contributed by atoms with E-state index in [4.69, 9.17) is 5.11 Å². The van der Waals surface area contributed by atoms with Crippen LogP contribution in [0.1, 0.15) is 24.0 Å². The predicted octanol–water partition coefficient (Wildman–Crippen LogP) is 0.413. The molecule has 1 aromatic rings. The molecule has 0 saturated carbocycles. The molecule has 2 unspecified atom stereocenters. The highest BCUT2D eigenvalue weighted by Gasteiger charge is 2.31. The molecule has 4 heteroatoms. The Labute approximate surface area is 107 Å². The summed E-state index contributed by atoms with van der Waals surface area (Å²) in [5.41, 5.74) is 2.44. The molecule has 1 aliphatic carbocycles. The van der Waals surface area contributed by atoms with E-state index in [2.05, 4.69) is 16.7 Å². The molecule has 18 heavy (non-hydrogen) atoms. The number of carbonyl (C=O) groups excluding carboxylic acids is 1. The molecule has 0 aliphatic heterocycles. The van der Waals surface area contributed by atoms with Crippen LogP contribution in [0, 0.1) is 0 Å². The highest BCUT2D eigenvalue weighted by molar-refractivity contribution is 5.86. The van der Waals surface area contributed by atoms with Crippen LogP contribution >= 0.6 is 0 Å². The lowest BCUT2D eigenvalue weighted by Crippen LogP contribution is -2.39. The number of rotatable bonds is 6. The van der Waals surface area contributed by atoms with E-state index in [9.17, 15) is 4.79 Å². The number of hydrogen-bond donors (Lipinski definition) is 3. The van der Waals surface area contributed by atoms with Crippen LogP contribution < -0.4 is 10.6 Å². The van der Waals surface area contributed by atoms with Crippen LogP contribution in [0.15, 0.2) is 24.3 Å². The van der Waals surface area contributed by atoms with Crippen LogP contribution in [0.4, 0.5) is 0 Å². The minimum Gasteiger partial charge on any atom is -0.392 e. The van der Waals surface area contributed by atoms with E-state index in [1.54, 1.807) is 6.92 Å². The van der Waals surface area contributed by atoms with Gasteiger partial charge in [0, 0.05) is 19.6 Å². The Bertz CT molecular complexity index is 418. The zero-order valence-corrected chi connectivity index (χ0v) is 10.6. The average molecular weight is 248 g/mol. The quantitative estimate of drug-likeness (QED) is 0.639. The topological polar surface area (TPSA) is 61.4 Å². The van der Waals surface area contributed by atoms with E-state index in [1.165, 1.54) is 5.56 Å². The van der Waals surface area contributed by atoms with Gasteiger partial charge in [-0.2, -0.15) is 0 Å². The Morgan fingerprint density at radius 3 is 2.94 bits per heavy atom. The maximum Gasteiger partial charge on any atom is 0.227 e. The SMILES string of the molecule is CC(O)CNCCNC(=O)C1Cc2ccccc21. The van der Waals surface area contributed by atoms with Crippen LogP contribution in [0.5, 0.6) is 0 Å². The summed E-state index contributed by atoms with van der Waals surface area (Å²) >= 11 is 0. The van der Waals surface area contributed by atoms with Crippen LogP contribution in [-0.2, 0) is 11.2 Å². The van der Waals surface area contributed by atoms with Crippen molar-refractivity contribution in [2.45, 2.75) is 25.4 Å². The molecule has 0 bridgehead atoms. The minimum absolute atomic E-state index is 0.0259. The first-order valence-corrected chi connectivity index (χ1v) is 6.43. The lowest BCUT2D eigenvalue weighted by atomic mass is 9.77. The van der Waals surface area contributed by atoms with Gasteiger partial charge in [-0.25, -0.2) is 0 Å². The number of aliphatic hydroxyl groups excluding tert-OH is 1. The number of fused-ring (bicyclic) bond motifs is 1. The summed E-state index contributed by atoms with van der Waals surface area (Å²) in [6, 6.07) is 8.08. The number of aliphatic hydroxyl groups is 1. The van der Waals surface area contributed by atoms with E-state index >= 15 is 0 Å². The summed E-state index contributed by atoms with van der Waals surface area (Å²) in [5.74, 6) is 0.130. The Balaban J connectivity index is 1.68. The molecule has 0 spiro atoms. The highest BCUT2D eigenvalue weighted by atomic mass is 16.3. The number of benzene rings is 1. The van der Waals surface area contributed by atoms with Crippen molar-refractivity contribution in [2.24, 2.45) is 0 Å². The maximum absolute atomic E-state index is 11.9. The van der Waals surface area contributed by atoms with Gasteiger partial charge in [0.15, 0.2) is 0 Å². The van der Waals surface area contributed by atoms with Crippen LogP contribution in [-0.4, -0.2) is 36.8 Å². The molecule has 0 aromatic heterocycles. The number of nitrogens with one attached hydrogen (secondary N) is 2. The van der Waals surface area contributed by atoms with Crippen LogP contribution in [0.2, 0.25) is 0 Å². The summed E-state index contributed by atoms with van der Waals surface area (Å²) in [6.07, 6.45) is 0.502. The Kier molecular flexibility index (Phi) is 4.33. The molecule has 2 rings (SSSR count). The van der Waals surface area contributed by atoms with E-state index in [0.717, 1.165) is 12.0 Å². The molecule has 3 N–H and O–H groups in total. The number of hydrogen-bond acceptors (Lipinski definition) is 3. The first-order valence-electron chi connectivity index (χ1n) is 6.43. The largest absolute Gasteiger partial charge is 0.392 e. The van der Waals surface area contributed by atoms with Gasteiger partial charge in [-0.05, 0) is 24.5 Å². The smallest absolute Gasteiger partial charge is 0.227 e. The van der Waals surface area contributed by atoms with Gasteiger partial charge >= 0.3 is 0 Å². The Morgan fingerprint density at radius 1 is 1.44 bits per heavy atom. The summed E-state index contributed by atoms with van der Waals surface area (Å²) < 4.78 is 0. The molecule has 1 aromatic carbocycles. The average Bonchev–Trinajstić information content (AvgIpc) is 2.30. The highest BCUT2D eigenvalue weighted by Crippen LogP contribution is 2.34. The fraction of sp³-hybridized carbons (Fsp3) is 0.500. The van der Waals surface area contributed by atoms with Crippen molar-refractivity contribution in [3.8, 4) is 0 Å². The lowest BCUT2D eigenvalue weighted by molar-refractivity contribution is -0.123. The molecule has 0 radical (unpaired) electrons. The van der Waals surface area contributed by atoms with Gasteiger partial charge in [0.2, 0.25) is 5.91 Å². The molecule has 2 atom stereocenters. The van der Waals surface area contributed by atoms with Gasteiger partial charge in [-0.1, -0.05) is 24.3 Å². The zero-order chi connectivity index (χ0) is 13.0. The van der Waals surface area contributed by atoms with E-state index in [1.807, 2.05) is 18.2 Å². The van der Waals surface area contributed by atoms with Gasteiger partial charge in [0.1, 0.15) is 0 Å². The third-order valence-corrected chi connectivity index (χ3v) is 3.21. The van der Waals surface area contributed by atoms with Gasteiger partial charge < -0.3 is 15.7 Å². The molecule has 0 saturated heterocycles. The monoisotopic (exact) mass is 248 g/mol. The summed E-state index contributed by atoms with van der Waals surface area (Å²) in [5, 5.41) is 15.0. The van der Waals surface area contributed by atoms with Crippen molar-refractivity contribution in [3.05, 3.63) is 35.4 Å². The molecule has 1 amide bonds. The zero-order valence-electron chi connectivity index (χ0n) is 10.6. The van der Waals surface area contributed by atoms with Crippen LogP contribution in [0.3, 0.4) is 0 Å². The molecule has 0 heterocycles. The Morgan fingerprint density at radius 2 is 2.22 bits per heavy atom. The van der Waals surface area contributed by atoms with Crippen molar-refractivity contribution in [2.75, 3.05) is 19.6 Å². The standard InChI is InChI=1S/C14H20N2O2/c1-10(17)9-15-6-7-16-14(18)13-8-11-4-2-3-5-12(11)13/h2-5,10,13,15,17H,6-9H2,1H3,(H,16,18). The third kappa shape index (κ3) is 3.09. The fourth-order valence-electron chi connectivity index (χ4n) is 2.20. The van der Waals surface area contributed by atoms with E-state index in [-0.39, 0.29) is 17.9 Å². The summed E-state index contributed by atoms with van der Waals surface area (Å²) in [7, 11) is 0. The Hall–Kier alpha value is -1.39. The maximum atomic E-state index is 11.9. The number of amides is 1. The van der Waals surface area contributed by atoms with Crippen molar-refractivity contribution >= 4 is 5.91 Å². The molecular weight excluding hydrogens is 228 g/mol. The van der Waals surface area contributed by atoms with E-state index < -0.39 is 0 Å². The second-order valence-electron chi connectivity index (χ2n) is 4.80. The molecular formula is C14H20N2O2. The first kappa shape index (κ1) is 13.1. The number of carbonyl (C=O) groups is 1. The molecule has 0 fully saturated rings. The van der Waals surface area contributed by atoms with Gasteiger partial charge in [0.05, 0.1) is 12.0 Å². The second-order valence-corrected chi connectivity index (χ2v) is 4.80. The minimum atomic E-state index is -0.348. The molecule has 4 nitrogen and oxygen atoms in total. The van der Waals surface area contributed by atoms with Crippen LogP contribution in [0.25, 0.3) is 0 Å². The summed E-state index contributed by atoms with van der Waals surface area (Å²) in [4.78, 5) is 11.9. The van der Waals surface area contributed by atoms with Gasteiger partial charge in [0.25, 0.3) is 0 Å². The summed E-state index contributed by atoms with van der Waals surface area (Å²) in [6.45, 7) is 3.58. The van der Waals surface area contributed by atoms with Crippen molar-refractivity contribution in [1.29, 1.82) is 0 Å². The molecule has 98 valence electrons.